The van der Waals surface area contributed by atoms with Crippen LogP contribution in [0.25, 0.3) is 0 Å². The van der Waals surface area contributed by atoms with Crippen molar-refractivity contribution in [2.45, 2.75) is 6.42 Å². The van der Waals surface area contributed by atoms with Gasteiger partial charge in [0.05, 0.1) is 6.61 Å². The number of hydrogen-bond acceptors (Lipinski definition) is 4. The lowest BCUT2D eigenvalue weighted by Gasteiger charge is -2.11. The van der Waals surface area contributed by atoms with E-state index < -0.39 is 0 Å². The van der Waals surface area contributed by atoms with Crippen LogP contribution in [0.4, 0.5) is 5.69 Å². The number of phenolic OH excluding ortho intramolecular Hbond substituents is 1. The number of anilines is 1. The van der Waals surface area contributed by atoms with E-state index in [4.69, 9.17) is 9.47 Å². The molecule has 0 aliphatic rings. The van der Waals surface area contributed by atoms with Gasteiger partial charge in [-0.05, 0) is 30.2 Å². The number of phenols is 1. The Morgan fingerprint density at radius 1 is 1.35 bits per heavy atom. The van der Waals surface area contributed by atoms with Gasteiger partial charge in [0.2, 0.25) is 5.91 Å². The lowest BCUT2D eigenvalue weighted by Crippen LogP contribution is -2.18. The minimum Gasteiger partial charge on any atom is -0.508 e. The Kier molecular flexibility index (Phi) is 5.45. The van der Waals surface area contributed by atoms with Crippen molar-refractivity contribution in [3.05, 3.63) is 23.8 Å². The molecule has 0 saturated carbocycles. The van der Waals surface area contributed by atoms with Crippen molar-refractivity contribution >= 4 is 11.6 Å². The maximum atomic E-state index is 11.4. The quantitative estimate of drug-likeness (QED) is 0.731. The fourth-order valence-corrected chi connectivity index (χ4v) is 1.44. The summed E-state index contributed by atoms with van der Waals surface area (Å²) in [6.07, 6.45) is 0.619. The van der Waals surface area contributed by atoms with Crippen molar-refractivity contribution in [1.29, 1.82) is 0 Å². The molecule has 1 aromatic rings. The Bertz CT molecular complexity index is 379. The summed E-state index contributed by atoms with van der Waals surface area (Å²) in [6.45, 7) is 0.529. The number of rotatable bonds is 6. The monoisotopic (exact) mass is 239 g/mol. The summed E-state index contributed by atoms with van der Waals surface area (Å²) in [7, 11) is 3.06. The number of carbonyl (C=O) groups excluding carboxylic acids is 1. The van der Waals surface area contributed by atoms with E-state index in [9.17, 15) is 9.90 Å². The molecule has 0 aliphatic heterocycles. The van der Waals surface area contributed by atoms with Crippen molar-refractivity contribution in [2.75, 3.05) is 32.8 Å². The smallest absolute Gasteiger partial charge is 0.250 e. The number of nitrogens with one attached hydrogen (secondary N) is 1. The van der Waals surface area contributed by atoms with Crippen LogP contribution in [-0.2, 0) is 20.7 Å². The zero-order valence-electron chi connectivity index (χ0n) is 10.0. The van der Waals surface area contributed by atoms with Gasteiger partial charge in [-0.1, -0.05) is 0 Å². The third-order valence-electron chi connectivity index (χ3n) is 2.21. The van der Waals surface area contributed by atoms with Crippen molar-refractivity contribution in [2.24, 2.45) is 0 Å². The van der Waals surface area contributed by atoms with Crippen molar-refractivity contribution in [3.63, 3.8) is 0 Å². The number of aromatic hydroxyl groups is 1. The molecular weight excluding hydrogens is 222 g/mol. The van der Waals surface area contributed by atoms with Gasteiger partial charge in [-0.3, -0.25) is 4.79 Å². The molecule has 0 spiro atoms. The van der Waals surface area contributed by atoms with Gasteiger partial charge in [-0.25, -0.2) is 0 Å². The van der Waals surface area contributed by atoms with Crippen LogP contribution in [0.5, 0.6) is 5.75 Å². The summed E-state index contributed by atoms with van der Waals surface area (Å²) in [5.74, 6) is -0.0577. The molecule has 0 fully saturated rings. The highest BCUT2D eigenvalue weighted by Crippen LogP contribution is 2.21. The van der Waals surface area contributed by atoms with Gasteiger partial charge in [0.1, 0.15) is 12.4 Å². The molecule has 0 aromatic heterocycles. The molecule has 1 aromatic carbocycles. The summed E-state index contributed by atoms with van der Waals surface area (Å²) in [6, 6.07) is 4.80. The molecule has 94 valence electrons. The molecule has 5 nitrogen and oxygen atoms in total. The normalized spacial score (nSPS) is 10.2. The molecule has 5 heteroatoms. The highest BCUT2D eigenvalue weighted by molar-refractivity contribution is 5.92. The first-order valence-electron chi connectivity index (χ1n) is 5.27. The van der Waals surface area contributed by atoms with E-state index >= 15 is 0 Å². The zero-order valence-corrected chi connectivity index (χ0v) is 10.0. The largest absolute Gasteiger partial charge is 0.508 e. The number of carbonyl (C=O) groups is 1. The first-order valence-corrected chi connectivity index (χ1v) is 5.27. The van der Waals surface area contributed by atoms with Crippen LogP contribution in [0.3, 0.4) is 0 Å². The summed E-state index contributed by atoms with van der Waals surface area (Å²) in [5.41, 5.74) is 1.50. The van der Waals surface area contributed by atoms with E-state index in [-0.39, 0.29) is 18.3 Å². The fraction of sp³-hybridized carbons (Fsp3) is 0.417. The van der Waals surface area contributed by atoms with Crippen LogP contribution in [0.15, 0.2) is 18.2 Å². The van der Waals surface area contributed by atoms with E-state index in [0.717, 1.165) is 5.56 Å². The van der Waals surface area contributed by atoms with E-state index in [2.05, 4.69) is 5.32 Å². The van der Waals surface area contributed by atoms with Crippen molar-refractivity contribution in [3.8, 4) is 5.75 Å². The molecule has 2 N–H and O–H groups in total. The predicted octanol–water partition coefficient (Wildman–Crippen LogP) is 1.17. The van der Waals surface area contributed by atoms with Crippen LogP contribution < -0.4 is 5.32 Å². The molecule has 1 amide bonds. The Balaban J connectivity index is 2.78. The molecule has 0 radical (unpaired) electrons. The molecule has 0 aliphatic carbocycles. The highest BCUT2D eigenvalue weighted by Gasteiger charge is 2.07. The van der Waals surface area contributed by atoms with Crippen molar-refractivity contribution in [1.82, 2.24) is 0 Å². The molecule has 17 heavy (non-hydrogen) atoms. The maximum Gasteiger partial charge on any atom is 0.250 e. The first-order chi connectivity index (χ1) is 8.17. The number of ether oxygens (including phenoxy) is 2. The SMILES string of the molecule is COCCc1cc(O)ccc1NC(=O)COC. The van der Waals surface area contributed by atoms with Crippen molar-refractivity contribution < 1.29 is 19.4 Å². The van der Waals surface area contributed by atoms with Gasteiger partial charge < -0.3 is 19.9 Å². The number of methoxy groups -OCH3 is 2. The van der Waals surface area contributed by atoms with E-state index in [1.807, 2.05) is 0 Å². The summed E-state index contributed by atoms with van der Waals surface area (Å²) in [5, 5.41) is 12.1. The second-order valence-corrected chi connectivity index (χ2v) is 3.57. The van der Waals surface area contributed by atoms with E-state index in [1.54, 1.807) is 19.2 Å². The van der Waals surface area contributed by atoms with Gasteiger partial charge in [0.15, 0.2) is 0 Å². The van der Waals surface area contributed by atoms with E-state index in [1.165, 1.54) is 13.2 Å². The average molecular weight is 239 g/mol. The van der Waals surface area contributed by atoms with Crippen LogP contribution in [-0.4, -0.2) is 38.4 Å². The van der Waals surface area contributed by atoms with Gasteiger partial charge in [0.25, 0.3) is 0 Å². The van der Waals surface area contributed by atoms with Crippen LogP contribution in [0.2, 0.25) is 0 Å². The van der Waals surface area contributed by atoms with E-state index in [0.29, 0.717) is 18.7 Å². The molecule has 0 unspecified atom stereocenters. The molecule has 1 rings (SSSR count). The Morgan fingerprint density at radius 3 is 2.76 bits per heavy atom. The zero-order chi connectivity index (χ0) is 12.7. The van der Waals surface area contributed by atoms with Gasteiger partial charge in [0, 0.05) is 19.9 Å². The second-order valence-electron chi connectivity index (χ2n) is 3.57. The van der Waals surface area contributed by atoms with Crippen LogP contribution >= 0.6 is 0 Å². The Morgan fingerprint density at radius 2 is 2.12 bits per heavy atom. The lowest BCUT2D eigenvalue weighted by molar-refractivity contribution is -0.119. The third kappa shape index (κ3) is 4.42. The number of amides is 1. The van der Waals surface area contributed by atoms with Gasteiger partial charge in [-0.2, -0.15) is 0 Å². The first kappa shape index (κ1) is 13.5. The van der Waals surface area contributed by atoms with Gasteiger partial charge >= 0.3 is 0 Å². The molecule has 0 bridgehead atoms. The standard InChI is InChI=1S/C12H17NO4/c1-16-6-5-9-7-10(14)3-4-11(9)13-12(15)8-17-2/h3-4,7,14H,5-6,8H2,1-2H3,(H,13,15). The minimum absolute atomic E-state index is 0.00456. The van der Waals surface area contributed by atoms with Gasteiger partial charge in [-0.15, -0.1) is 0 Å². The molecule has 0 heterocycles. The lowest BCUT2D eigenvalue weighted by atomic mass is 10.1. The number of hydrogen-bond donors (Lipinski definition) is 2. The predicted molar refractivity (Wildman–Crippen MR) is 64.2 cm³/mol. The summed E-state index contributed by atoms with van der Waals surface area (Å²) in [4.78, 5) is 11.4. The average Bonchev–Trinajstić information content (AvgIpc) is 2.30. The Hall–Kier alpha value is -1.59. The Labute approximate surface area is 100 Å². The fourth-order valence-electron chi connectivity index (χ4n) is 1.44. The van der Waals surface area contributed by atoms with Crippen LogP contribution in [0, 0.1) is 0 Å². The maximum absolute atomic E-state index is 11.4. The second kappa shape index (κ2) is 6.88. The van der Waals surface area contributed by atoms with Crippen LogP contribution in [0.1, 0.15) is 5.56 Å². The molecule has 0 saturated heterocycles. The summed E-state index contributed by atoms with van der Waals surface area (Å²) < 4.78 is 9.71. The summed E-state index contributed by atoms with van der Waals surface area (Å²) >= 11 is 0. The third-order valence-corrected chi connectivity index (χ3v) is 2.21. The molecule has 0 atom stereocenters. The highest BCUT2D eigenvalue weighted by atomic mass is 16.5. The topological polar surface area (TPSA) is 67.8 Å². The minimum atomic E-state index is -0.225. The number of benzene rings is 1. The molecular formula is C12H17NO4.